The van der Waals surface area contributed by atoms with Crippen molar-refractivity contribution >= 4 is 45.1 Å². The number of nitrogens with one attached hydrogen (secondary N) is 1. The molecule has 6 heteroatoms. The highest BCUT2D eigenvalue weighted by atomic mass is 79.9. The van der Waals surface area contributed by atoms with Crippen LogP contribution < -0.4 is 5.32 Å². The predicted molar refractivity (Wildman–Crippen MR) is 69.4 cm³/mol. The van der Waals surface area contributed by atoms with Crippen LogP contribution in [-0.2, 0) is 14.3 Å². The summed E-state index contributed by atoms with van der Waals surface area (Å²) in [6, 6.07) is 6.65. The second-order valence-corrected chi connectivity index (χ2v) is 4.47. The maximum Gasteiger partial charge on any atom is 0.329 e. The summed E-state index contributed by atoms with van der Waals surface area (Å²) in [6.45, 7) is 1.90. The van der Waals surface area contributed by atoms with E-state index in [1.54, 1.807) is 31.2 Å². The summed E-state index contributed by atoms with van der Waals surface area (Å²) in [4.78, 5) is 21.9. The Bertz CT molecular complexity index is 425. The van der Waals surface area contributed by atoms with E-state index >= 15 is 0 Å². The van der Waals surface area contributed by atoms with Gasteiger partial charge in [-0.2, -0.15) is 0 Å². The van der Waals surface area contributed by atoms with Crippen LogP contribution in [0.3, 0.4) is 0 Å². The minimum Gasteiger partial charge on any atom is -0.465 e. The number of esters is 1. The molecule has 1 rings (SSSR count). The number of hydrogen-bond acceptors (Lipinski definition) is 3. The zero-order chi connectivity index (χ0) is 12.8. The SMILES string of the molecule is CCOC(=O)C(Br)C(=O)Nc1cccc(Cl)c1. The third kappa shape index (κ3) is 4.36. The molecule has 17 heavy (non-hydrogen) atoms. The van der Waals surface area contributed by atoms with Crippen molar-refractivity contribution in [2.75, 3.05) is 11.9 Å². The first-order chi connectivity index (χ1) is 8.04. The summed E-state index contributed by atoms with van der Waals surface area (Å²) in [5, 5.41) is 3.06. The van der Waals surface area contributed by atoms with Crippen LogP contribution in [0.15, 0.2) is 24.3 Å². The zero-order valence-corrected chi connectivity index (χ0v) is 11.4. The molecule has 0 aliphatic heterocycles. The van der Waals surface area contributed by atoms with Gasteiger partial charge in [-0.1, -0.05) is 33.6 Å². The molecule has 0 bridgehead atoms. The van der Waals surface area contributed by atoms with E-state index < -0.39 is 16.7 Å². The summed E-state index contributed by atoms with van der Waals surface area (Å²) in [7, 11) is 0. The molecule has 0 fully saturated rings. The predicted octanol–water partition coefficient (Wildman–Crippen LogP) is 2.61. The first-order valence-corrected chi connectivity index (χ1v) is 6.21. The van der Waals surface area contributed by atoms with Crippen LogP contribution in [0.25, 0.3) is 0 Å². The largest absolute Gasteiger partial charge is 0.465 e. The highest BCUT2D eigenvalue weighted by Crippen LogP contribution is 2.16. The average molecular weight is 321 g/mol. The fourth-order valence-corrected chi connectivity index (χ4v) is 1.53. The molecule has 92 valence electrons. The van der Waals surface area contributed by atoms with E-state index in [4.69, 9.17) is 16.3 Å². The smallest absolute Gasteiger partial charge is 0.329 e. The van der Waals surface area contributed by atoms with Gasteiger partial charge in [-0.3, -0.25) is 9.59 Å². The molecule has 1 atom stereocenters. The van der Waals surface area contributed by atoms with Crippen LogP contribution in [0, 0.1) is 0 Å². The number of amides is 1. The maximum absolute atomic E-state index is 11.6. The van der Waals surface area contributed by atoms with E-state index in [0.717, 1.165) is 0 Å². The zero-order valence-electron chi connectivity index (χ0n) is 9.07. The van der Waals surface area contributed by atoms with Crippen molar-refractivity contribution in [1.82, 2.24) is 0 Å². The minimum absolute atomic E-state index is 0.228. The second kappa shape index (κ2) is 6.61. The van der Waals surface area contributed by atoms with Crippen LogP contribution in [-0.4, -0.2) is 23.3 Å². The van der Waals surface area contributed by atoms with Gasteiger partial charge in [0.1, 0.15) is 0 Å². The van der Waals surface area contributed by atoms with Gasteiger partial charge >= 0.3 is 5.97 Å². The van der Waals surface area contributed by atoms with Gasteiger partial charge in [0.2, 0.25) is 5.91 Å². The number of anilines is 1. The van der Waals surface area contributed by atoms with Crippen molar-refractivity contribution < 1.29 is 14.3 Å². The lowest BCUT2D eigenvalue weighted by Crippen LogP contribution is -2.31. The summed E-state index contributed by atoms with van der Waals surface area (Å²) in [5.41, 5.74) is 0.524. The molecule has 1 N–H and O–H groups in total. The molecule has 0 aromatic heterocycles. The lowest BCUT2D eigenvalue weighted by Gasteiger charge is -2.10. The molecule has 1 aromatic rings. The summed E-state index contributed by atoms with van der Waals surface area (Å²) < 4.78 is 4.71. The van der Waals surface area contributed by atoms with Gasteiger partial charge in [0.15, 0.2) is 4.83 Å². The van der Waals surface area contributed by atoms with Crippen molar-refractivity contribution in [3.8, 4) is 0 Å². The van der Waals surface area contributed by atoms with E-state index in [1.807, 2.05) is 0 Å². The van der Waals surface area contributed by atoms with Gasteiger partial charge in [-0.25, -0.2) is 0 Å². The van der Waals surface area contributed by atoms with Gasteiger partial charge in [-0.15, -0.1) is 0 Å². The molecule has 0 radical (unpaired) electrons. The number of rotatable bonds is 4. The van der Waals surface area contributed by atoms with Crippen molar-refractivity contribution in [3.05, 3.63) is 29.3 Å². The molecule has 0 saturated heterocycles. The standard InChI is InChI=1S/C11H11BrClNO3/c1-2-17-11(16)9(12)10(15)14-8-5-3-4-7(13)6-8/h3-6,9H,2H2,1H3,(H,14,15). The molecule has 0 aliphatic rings. The van der Waals surface area contributed by atoms with Crippen molar-refractivity contribution in [2.45, 2.75) is 11.8 Å². The normalized spacial score (nSPS) is 11.7. The Hall–Kier alpha value is -1.07. The van der Waals surface area contributed by atoms with E-state index in [2.05, 4.69) is 21.2 Å². The maximum atomic E-state index is 11.6. The Morgan fingerprint density at radius 1 is 1.53 bits per heavy atom. The molecule has 1 unspecified atom stereocenters. The van der Waals surface area contributed by atoms with Crippen LogP contribution in [0.5, 0.6) is 0 Å². The van der Waals surface area contributed by atoms with Crippen LogP contribution in [0.2, 0.25) is 5.02 Å². The molecule has 0 heterocycles. The van der Waals surface area contributed by atoms with E-state index in [-0.39, 0.29) is 6.61 Å². The van der Waals surface area contributed by atoms with E-state index in [9.17, 15) is 9.59 Å². The van der Waals surface area contributed by atoms with E-state index in [0.29, 0.717) is 10.7 Å². The number of alkyl halides is 1. The van der Waals surface area contributed by atoms with Crippen molar-refractivity contribution in [2.24, 2.45) is 0 Å². The molecule has 0 saturated carbocycles. The quantitative estimate of drug-likeness (QED) is 0.527. The van der Waals surface area contributed by atoms with Crippen LogP contribution in [0.1, 0.15) is 6.92 Å². The topological polar surface area (TPSA) is 55.4 Å². The Kier molecular flexibility index (Phi) is 5.44. The third-order valence-corrected chi connectivity index (χ3v) is 2.84. The fourth-order valence-electron chi connectivity index (χ4n) is 1.09. The lowest BCUT2D eigenvalue weighted by molar-refractivity contribution is -0.144. The summed E-state index contributed by atoms with van der Waals surface area (Å²) in [5.74, 6) is -1.11. The van der Waals surface area contributed by atoms with Crippen LogP contribution >= 0.6 is 27.5 Å². The van der Waals surface area contributed by atoms with Gasteiger partial charge in [0.05, 0.1) is 6.61 Å². The Morgan fingerprint density at radius 2 is 2.24 bits per heavy atom. The van der Waals surface area contributed by atoms with Crippen molar-refractivity contribution in [3.63, 3.8) is 0 Å². The van der Waals surface area contributed by atoms with Gasteiger partial charge in [0, 0.05) is 10.7 Å². The summed E-state index contributed by atoms with van der Waals surface area (Å²) in [6.07, 6.45) is 0. The molecule has 1 amide bonds. The molecule has 4 nitrogen and oxygen atoms in total. The number of carbonyl (C=O) groups is 2. The average Bonchev–Trinajstić information content (AvgIpc) is 2.28. The lowest BCUT2D eigenvalue weighted by atomic mass is 10.3. The minimum atomic E-state index is -1.03. The van der Waals surface area contributed by atoms with E-state index in [1.165, 1.54) is 0 Å². The third-order valence-electron chi connectivity index (χ3n) is 1.82. The van der Waals surface area contributed by atoms with Gasteiger partial charge < -0.3 is 10.1 Å². The van der Waals surface area contributed by atoms with Crippen molar-refractivity contribution in [1.29, 1.82) is 0 Å². The first kappa shape index (κ1) is 14.0. The highest BCUT2D eigenvalue weighted by molar-refractivity contribution is 9.10. The fraction of sp³-hybridized carbons (Fsp3) is 0.273. The number of halogens is 2. The Morgan fingerprint density at radius 3 is 2.82 bits per heavy atom. The first-order valence-electron chi connectivity index (χ1n) is 4.91. The Labute approximate surface area is 112 Å². The van der Waals surface area contributed by atoms with Crippen LogP contribution in [0.4, 0.5) is 5.69 Å². The second-order valence-electron chi connectivity index (χ2n) is 3.11. The molecular formula is C11H11BrClNO3. The summed E-state index contributed by atoms with van der Waals surface area (Å²) >= 11 is 8.73. The number of benzene rings is 1. The van der Waals surface area contributed by atoms with Gasteiger partial charge in [-0.05, 0) is 25.1 Å². The molecule has 0 spiro atoms. The number of ether oxygens (including phenoxy) is 1. The monoisotopic (exact) mass is 319 g/mol. The molecule has 0 aliphatic carbocycles. The Balaban J connectivity index is 2.63. The molecular weight excluding hydrogens is 309 g/mol. The number of carbonyl (C=O) groups excluding carboxylic acids is 2. The molecule has 1 aromatic carbocycles. The number of hydrogen-bond donors (Lipinski definition) is 1. The van der Waals surface area contributed by atoms with Gasteiger partial charge in [0.25, 0.3) is 0 Å². The highest BCUT2D eigenvalue weighted by Gasteiger charge is 2.24.